The second-order valence-corrected chi connectivity index (χ2v) is 6.26. The van der Waals surface area contributed by atoms with Crippen LogP contribution in [0.5, 0.6) is 5.75 Å². The SMILES string of the molecule is COc1ccc(C(=O)N2CCC[C@@H](N(CC(=O)O)C(C)=O)CC2)c(F)c1. The third-order valence-corrected chi connectivity index (χ3v) is 4.54. The summed E-state index contributed by atoms with van der Waals surface area (Å²) >= 11 is 0. The molecular weight excluding hydrogens is 343 g/mol. The average molecular weight is 366 g/mol. The van der Waals surface area contributed by atoms with Crippen LogP contribution in [0.15, 0.2) is 18.2 Å². The maximum atomic E-state index is 14.2. The monoisotopic (exact) mass is 366 g/mol. The zero-order valence-electron chi connectivity index (χ0n) is 14.9. The van der Waals surface area contributed by atoms with Crippen molar-refractivity contribution in [2.45, 2.75) is 32.2 Å². The lowest BCUT2D eigenvalue weighted by Gasteiger charge is -2.28. The van der Waals surface area contributed by atoms with Crippen molar-refractivity contribution in [2.75, 3.05) is 26.7 Å². The first-order valence-corrected chi connectivity index (χ1v) is 8.45. The van der Waals surface area contributed by atoms with Gasteiger partial charge in [-0.2, -0.15) is 0 Å². The van der Waals surface area contributed by atoms with Gasteiger partial charge in [-0.3, -0.25) is 14.4 Å². The molecule has 7 nitrogen and oxygen atoms in total. The third kappa shape index (κ3) is 4.71. The number of likely N-dealkylation sites (tertiary alicyclic amines) is 1. The van der Waals surface area contributed by atoms with Gasteiger partial charge in [-0.15, -0.1) is 0 Å². The Morgan fingerprint density at radius 2 is 2.04 bits per heavy atom. The fourth-order valence-electron chi connectivity index (χ4n) is 3.20. The van der Waals surface area contributed by atoms with Crippen LogP contribution < -0.4 is 4.74 Å². The number of amides is 2. The maximum absolute atomic E-state index is 14.2. The van der Waals surface area contributed by atoms with Crippen LogP contribution in [0.4, 0.5) is 4.39 Å². The van der Waals surface area contributed by atoms with E-state index < -0.39 is 17.7 Å². The van der Waals surface area contributed by atoms with Gasteiger partial charge in [-0.25, -0.2) is 4.39 Å². The number of carbonyl (C=O) groups excluding carboxylic acids is 2. The van der Waals surface area contributed by atoms with Gasteiger partial charge in [-0.1, -0.05) is 0 Å². The fraction of sp³-hybridized carbons (Fsp3) is 0.500. The second-order valence-electron chi connectivity index (χ2n) is 6.26. The van der Waals surface area contributed by atoms with E-state index >= 15 is 0 Å². The molecule has 8 heteroatoms. The number of rotatable bonds is 5. The molecule has 1 aromatic rings. The van der Waals surface area contributed by atoms with E-state index in [9.17, 15) is 18.8 Å². The molecule has 1 aliphatic heterocycles. The van der Waals surface area contributed by atoms with E-state index in [2.05, 4.69) is 0 Å². The molecule has 0 spiro atoms. The minimum absolute atomic E-state index is 0.0294. The molecule has 1 N–H and O–H groups in total. The summed E-state index contributed by atoms with van der Waals surface area (Å²) in [6.45, 7) is 1.74. The van der Waals surface area contributed by atoms with E-state index in [4.69, 9.17) is 9.84 Å². The Kier molecular flexibility index (Phi) is 6.54. The number of carbonyl (C=O) groups is 3. The van der Waals surface area contributed by atoms with Crippen molar-refractivity contribution in [1.29, 1.82) is 0 Å². The van der Waals surface area contributed by atoms with Crippen molar-refractivity contribution < 1.29 is 28.6 Å². The largest absolute Gasteiger partial charge is 0.497 e. The highest BCUT2D eigenvalue weighted by molar-refractivity contribution is 5.94. The lowest BCUT2D eigenvalue weighted by molar-refractivity contribution is -0.145. The van der Waals surface area contributed by atoms with Crippen LogP contribution in [0.25, 0.3) is 0 Å². The Morgan fingerprint density at radius 1 is 1.31 bits per heavy atom. The summed E-state index contributed by atoms with van der Waals surface area (Å²) < 4.78 is 19.1. The molecule has 1 saturated heterocycles. The normalized spacial score (nSPS) is 17.3. The first-order chi connectivity index (χ1) is 12.3. The number of nitrogens with zero attached hydrogens (tertiary/aromatic N) is 2. The predicted molar refractivity (Wildman–Crippen MR) is 91.5 cm³/mol. The van der Waals surface area contributed by atoms with Crippen LogP contribution in [0.2, 0.25) is 0 Å². The number of methoxy groups -OCH3 is 1. The smallest absolute Gasteiger partial charge is 0.323 e. The van der Waals surface area contributed by atoms with E-state index in [-0.39, 0.29) is 24.1 Å². The van der Waals surface area contributed by atoms with Crippen LogP contribution >= 0.6 is 0 Å². The van der Waals surface area contributed by atoms with Crippen molar-refractivity contribution in [3.63, 3.8) is 0 Å². The molecule has 1 atom stereocenters. The molecule has 2 amide bonds. The van der Waals surface area contributed by atoms with Gasteiger partial charge in [0.2, 0.25) is 5.91 Å². The summed E-state index contributed by atoms with van der Waals surface area (Å²) in [5.41, 5.74) is -0.0294. The molecule has 142 valence electrons. The Bertz CT molecular complexity index is 694. The predicted octanol–water partition coefficient (Wildman–Crippen LogP) is 1.76. The molecular formula is C18H23FN2O5. The second kappa shape index (κ2) is 8.64. The quantitative estimate of drug-likeness (QED) is 0.858. The molecule has 0 saturated carbocycles. The van der Waals surface area contributed by atoms with Crippen molar-refractivity contribution in [3.05, 3.63) is 29.6 Å². The van der Waals surface area contributed by atoms with Gasteiger partial charge >= 0.3 is 5.97 Å². The highest BCUT2D eigenvalue weighted by Gasteiger charge is 2.28. The van der Waals surface area contributed by atoms with E-state index in [1.54, 1.807) is 4.90 Å². The number of carboxylic acid groups (broad SMARTS) is 1. The van der Waals surface area contributed by atoms with Crippen LogP contribution in [0, 0.1) is 5.82 Å². The number of halogens is 1. The number of ether oxygens (including phenoxy) is 1. The molecule has 1 aromatic carbocycles. The van der Waals surface area contributed by atoms with Gasteiger partial charge < -0.3 is 19.6 Å². The van der Waals surface area contributed by atoms with E-state index in [0.717, 1.165) is 6.07 Å². The average Bonchev–Trinajstić information content (AvgIpc) is 2.84. The molecule has 2 rings (SSSR count). The minimum atomic E-state index is -1.07. The zero-order valence-corrected chi connectivity index (χ0v) is 14.9. The number of hydrogen-bond donors (Lipinski definition) is 1. The number of carboxylic acids is 1. The number of aliphatic carboxylic acids is 1. The van der Waals surface area contributed by atoms with Gasteiger partial charge in [0.15, 0.2) is 0 Å². The fourth-order valence-corrected chi connectivity index (χ4v) is 3.20. The Hall–Kier alpha value is -2.64. The Balaban J connectivity index is 2.08. The van der Waals surface area contributed by atoms with Gasteiger partial charge in [-0.05, 0) is 31.4 Å². The summed E-state index contributed by atoms with van der Waals surface area (Å²) in [5, 5.41) is 8.99. The molecule has 1 fully saturated rings. The Morgan fingerprint density at radius 3 is 2.62 bits per heavy atom. The highest BCUT2D eigenvalue weighted by atomic mass is 19.1. The molecule has 26 heavy (non-hydrogen) atoms. The van der Waals surface area contributed by atoms with Crippen molar-refractivity contribution in [2.24, 2.45) is 0 Å². The Labute approximate surface area is 151 Å². The highest BCUT2D eigenvalue weighted by Crippen LogP contribution is 2.21. The number of benzene rings is 1. The zero-order chi connectivity index (χ0) is 19.3. The number of hydrogen-bond acceptors (Lipinski definition) is 4. The molecule has 1 aliphatic rings. The first-order valence-electron chi connectivity index (χ1n) is 8.45. The van der Waals surface area contributed by atoms with Crippen LogP contribution in [-0.2, 0) is 9.59 Å². The van der Waals surface area contributed by atoms with Crippen LogP contribution in [0.3, 0.4) is 0 Å². The molecule has 0 bridgehead atoms. The van der Waals surface area contributed by atoms with Crippen molar-refractivity contribution in [3.8, 4) is 5.75 Å². The lowest BCUT2D eigenvalue weighted by atomic mass is 10.1. The summed E-state index contributed by atoms with van der Waals surface area (Å²) in [5.74, 6) is -2.11. The minimum Gasteiger partial charge on any atom is -0.497 e. The standard InChI is InChI=1S/C18H23FN2O5/c1-12(22)21(11-17(23)24)13-4-3-8-20(9-7-13)18(25)15-6-5-14(26-2)10-16(15)19/h5-6,10,13H,3-4,7-9,11H2,1-2H3,(H,23,24)/t13-/m1/s1. The maximum Gasteiger partial charge on any atom is 0.323 e. The van der Waals surface area contributed by atoms with Gasteiger partial charge in [0, 0.05) is 32.1 Å². The van der Waals surface area contributed by atoms with E-state index in [0.29, 0.717) is 38.1 Å². The van der Waals surface area contributed by atoms with Crippen LogP contribution in [-0.4, -0.2) is 65.5 Å². The van der Waals surface area contributed by atoms with Gasteiger partial charge in [0.1, 0.15) is 18.1 Å². The van der Waals surface area contributed by atoms with Crippen LogP contribution in [0.1, 0.15) is 36.5 Å². The lowest BCUT2D eigenvalue weighted by Crippen LogP contribution is -2.43. The summed E-state index contributed by atoms with van der Waals surface area (Å²) in [6, 6.07) is 3.84. The van der Waals surface area contributed by atoms with Crippen molar-refractivity contribution in [1.82, 2.24) is 9.80 Å². The third-order valence-electron chi connectivity index (χ3n) is 4.54. The topological polar surface area (TPSA) is 87.2 Å². The summed E-state index contributed by atoms with van der Waals surface area (Å²) in [7, 11) is 1.42. The summed E-state index contributed by atoms with van der Waals surface area (Å²) in [6.07, 6.45) is 1.66. The van der Waals surface area contributed by atoms with Gasteiger partial charge in [0.25, 0.3) is 5.91 Å². The van der Waals surface area contributed by atoms with Crippen molar-refractivity contribution >= 4 is 17.8 Å². The van der Waals surface area contributed by atoms with E-state index in [1.165, 1.54) is 31.1 Å². The molecule has 1 heterocycles. The molecule has 0 radical (unpaired) electrons. The summed E-state index contributed by atoms with van der Waals surface area (Å²) in [4.78, 5) is 38.2. The molecule has 0 unspecified atom stereocenters. The van der Waals surface area contributed by atoms with E-state index in [1.807, 2.05) is 0 Å². The molecule has 0 aliphatic carbocycles. The molecule has 0 aromatic heterocycles. The van der Waals surface area contributed by atoms with Gasteiger partial charge in [0.05, 0.1) is 12.7 Å². The first kappa shape index (κ1) is 19.7.